The Bertz CT molecular complexity index is 1400. The Morgan fingerprint density at radius 2 is 1.76 bits per heavy atom. The molecular weight excluding hydrogens is 478 g/mol. The lowest BCUT2D eigenvalue weighted by Crippen LogP contribution is -2.51. The number of para-hydroxylation sites is 1. The molecule has 190 valence electrons. The van der Waals surface area contributed by atoms with Crippen LogP contribution >= 0.6 is 0 Å². The largest absolute Gasteiger partial charge is 0.369 e. The third-order valence-corrected chi connectivity index (χ3v) is 6.93. The molecule has 6 rings (SSSR count). The van der Waals surface area contributed by atoms with Crippen LogP contribution in [0.5, 0.6) is 0 Å². The molecule has 0 saturated carbocycles. The van der Waals surface area contributed by atoms with E-state index in [-0.39, 0.29) is 11.5 Å². The van der Waals surface area contributed by atoms with E-state index in [0.29, 0.717) is 24.9 Å². The van der Waals surface area contributed by atoms with E-state index in [1.807, 2.05) is 12.1 Å². The maximum Gasteiger partial charge on any atom is 0.270 e. The summed E-state index contributed by atoms with van der Waals surface area (Å²) in [6, 6.07) is 9.61. The number of hydrogen-bond donors (Lipinski definition) is 1. The molecule has 0 atom stereocenters. The van der Waals surface area contributed by atoms with Gasteiger partial charge >= 0.3 is 0 Å². The van der Waals surface area contributed by atoms with Gasteiger partial charge in [-0.1, -0.05) is 6.07 Å². The van der Waals surface area contributed by atoms with Crippen molar-refractivity contribution in [2.24, 2.45) is 4.99 Å². The van der Waals surface area contributed by atoms with E-state index < -0.39 is 23.2 Å². The average molecular weight is 505 g/mol. The molecule has 0 radical (unpaired) electrons. The highest BCUT2D eigenvalue weighted by atomic mass is 19.1. The maximum atomic E-state index is 14.6. The van der Waals surface area contributed by atoms with Gasteiger partial charge in [0.2, 0.25) is 11.9 Å². The zero-order valence-corrected chi connectivity index (χ0v) is 20.6. The fourth-order valence-corrected chi connectivity index (χ4v) is 5.00. The number of aryl methyl sites for hydroxylation is 1. The SMILES string of the molecule is Cc1cc(Nc2ncc3c(n2)N2CCN=C2N(c2c(F)cccc2F)C3=O)ccc1N1CCN(C)CC1. The van der Waals surface area contributed by atoms with Gasteiger partial charge in [0, 0.05) is 50.3 Å². The van der Waals surface area contributed by atoms with Crippen molar-refractivity contribution in [1.82, 2.24) is 14.9 Å². The summed E-state index contributed by atoms with van der Waals surface area (Å²) < 4.78 is 29.2. The summed E-state index contributed by atoms with van der Waals surface area (Å²) in [5.41, 5.74) is 2.86. The van der Waals surface area contributed by atoms with Crippen molar-refractivity contribution in [2.75, 3.05) is 66.3 Å². The number of carbonyl (C=O) groups is 1. The molecular formula is C26H26F2N8O. The molecule has 0 unspecified atom stereocenters. The molecule has 0 spiro atoms. The number of piperazine rings is 1. The van der Waals surface area contributed by atoms with Gasteiger partial charge in [0.05, 0.1) is 6.54 Å². The Kier molecular flexibility index (Phi) is 5.71. The summed E-state index contributed by atoms with van der Waals surface area (Å²) in [4.78, 5) is 34.0. The number of carbonyl (C=O) groups excluding carboxylic acids is 1. The van der Waals surface area contributed by atoms with E-state index in [4.69, 9.17) is 0 Å². The highest BCUT2D eigenvalue weighted by Crippen LogP contribution is 2.35. The van der Waals surface area contributed by atoms with Gasteiger partial charge in [-0.3, -0.25) is 14.7 Å². The Hall–Kier alpha value is -4.12. The van der Waals surface area contributed by atoms with Crippen molar-refractivity contribution >= 4 is 40.7 Å². The Labute approximate surface area is 213 Å². The summed E-state index contributed by atoms with van der Waals surface area (Å²) >= 11 is 0. The minimum absolute atomic E-state index is 0.149. The van der Waals surface area contributed by atoms with Gasteiger partial charge in [-0.25, -0.2) is 18.7 Å². The van der Waals surface area contributed by atoms with Crippen LogP contribution in [0, 0.1) is 18.6 Å². The lowest BCUT2D eigenvalue weighted by Gasteiger charge is -2.35. The molecule has 0 aliphatic carbocycles. The van der Waals surface area contributed by atoms with E-state index in [2.05, 4.69) is 50.1 Å². The van der Waals surface area contributed by atoms with Crippen molar-refractivity contribution in [3.63, 3.8) is 0 Å². The number of nitrogens with one attached hydrogen (secondary N) is 1. The molecule has 3 aliphatic rings. The smallest absolute Gasteiger partial charge is 0.270 e. The summed E-state index contributed by atoms with van der Waals surface area (Å²) in [7, 11) is 2.13. The number of hydrogen-bond acceptors (Lipinski definition) is 8. The molecule has 1 N–H and O–H groups in total. The predicted molar refractivity (Wildman–Crippen MR) is 139 cm³/mol. The zero-order valence-electron chi connectivity index (χ0n) is 20.6. The van der Waals surface area contributed by atoms with Gasteiger partial charge in [0.1, 0.15) is 22.9 Å². The lowest BCUT2D eigenvalue weighted by molar-refractivity contribution is 0.0998. The molecule has 1 amide bonds. The predicted octanol–water partition coefficient (Wildman–Crippen LogP) is 3.40. The first-order valence-corrected chi connectivity index (χ1v) is 12.2. The van der Waals surface area contributed by atoms with Gasteiger partial charge in [-0.15, -0.1) is 0 Å². The average Bonchev–Trinajstić information content (AvgIpc) is 3.36. The monoisotopic (exact) mass is 504 g/mol. The molecule has 4 heterocycles. The third-order valence-electron chi connectivity index (χ3n) is 6.93. The second-order valence-corrected chi connectivity index (χ2v) is 9.39. The number of halogens is 2. The van der Waals surface area contributed by atoms with E-state index in [9.17, 15) is 13.6 Å². The zero-order chi connectivity index (χ0) is 25.7. The van der Waals surface area contributed by atoms with Crippen molar-refractivity contribution in [1.29, 1.82) is 0 Å². The van der Waals surface area contributed by atoms with Crippen LogP contribution in [-0.2, 0) is 0 Å². The third kappa shape index (κ3) is 4.05. The molecule has 1 aromatic heterocycles. The molecule has 3 aromatic rings. The summed E-state index contributed by atoms with van der Waals surface area (Å²) in [5.74, 6) is -1.50. The standard InChI is InChI=1S/C26H26F2N8O/c1-16-14-17(6-7-21(16)34-12-10-33(2)11-13-34)31-25-30-15-18-23(32-25)35-9-8-29-26(35)36(24(18)37)22-19(27)4-3-5-20(22)28/h3-7,14-15H,8-13H2,1-2H3,(H,30,31,32). The van der Waals surface area contributed by atoms with Gasteiger partial charge < -0.3 is 15.1 Å². The number of likely N-dealkylation sites (N-methyl/N-ethyl adjacent to an activating group) is 1. The van der Waals surface area contributed by atoms with E-state index in [0.717, 1.165) is 54.5 Å². The molecule has 11 heteroatoms. The van der Waals surface area contributed by atoms with Crippen LogP contribution in [0.1, 0.15) is 15.9 Å². The number of amides is 1. The Morgan fingerprint density at radius 3 is 2.49 bits per heavy atom. The van der Waals surface area contributed by atoms with Crippen LogP contribution in [0.4, 0.5) is 37.6 Å². The van der Waals surface area contributed by atoms with Crippen LogP contribution < -0.4 is 20.0 Å². The first kappa shape index (κ1) is 23.3. The van der Waals surface area contributed by atoms with Crippen molar-refractivity contribution in [2.45, 2.75) is 6.92 Å². The first-order chi connectivity index (χ1) is 17.9. The fourth-order valence-electron chi connectivity index (χ4n) is 5.00. The van der Waals surface area contributed by atoms with Crippen molar-refractivity contribution < 1.29 is 13.6 Å². The molecule has 1 fully saturated rings. The number of aromatic nitrogens is 2. The van der Waals surface area contributed by atoms with Crippen LogP contribution in [0.3, 0.4) is 0 Å². The molecule has 37 heavy (non-hydrogen) atoms. The van der Waals surface area contributed by atoms with E-state index in [1.54, 1.807) is 4.90 Å². The van der Waals surface area contributed by atoms with Crippen molar-refractivity contribution in [3.05, 3.63) is 65.4 Å². The minimum Gasteiger partial charge on any atom is -0.369 e. The quantitative estimate of drug-likeness (QED) is 0.584. The van der Waals surface area contributed by atoms with Crippen LogP contribution in [0.15, 0.2) is 47.6 Å². The van der Waals surface area contributed by atoms with Gasteiger partial charge in [-0.2, -0.15) is 4.98 Å². The second kappa shape index (κ2) is 9.07. The van der Waals surface area contributed by atoms with Crippen molar-refractivity contribution in [3.8, 4) is 0 Å². The Balaban J connectivity index is 1.29. The Morgan fingerprint density at radius 1 is 1.00 bits per heavy atom. The number of guanidine groups is 1. The number of rotatable bonds is 4. The first-order valence-electron chi connectivity index (χ1n) is 12.2. The highest BCUT2D eigenvalue weighted by Gasteiger charge is 2.41. The second-order valence-electron chi connectivity index (χ2n) is 9.39. The number of aliphatic imine (C=N–C) groups is 1. The summed E-state index contributed by atoms with van der Waals surface area (Å²) in [6.07, 6.45) is 1.39. The number of anilines is 5. The van der Waals surface area contributed by atoms with Crippen LogP contribution in [0.25, 0.3) is 0 Å². The number of benzene rings is 2. The maximum absolute atomic E-state index is 14.6. The molecule has 1 saturated heterocycles. The molecule has 0 bridgehead atoms. The molecule has 9 nitrogen and oxygen atoms in total. The van der Waals surface area contributed by atoms with E-state index >= 15 is 0 Å². The van der Waals surface area contributed by atoms with Gasteiger partial charge in [0.15, 0.2) is 5.82 Å². The summed E-state index contributed by atoms with van der Waals surface area (Å²) in [6.45, 7) is 6.91. The lowest BCUT2D eigenvalue weighted by atomic mass is 10.1. The van der Waals surface area contributed by atoms with Gasteiger partial charge in [0.25, 0.3) is 5.91 Å². The van der Waals surface area contributed by atoms with Crippen LogP contribution in [0.2, 0.25) is 0 Å². The fraction of sp³-hybridized carbons (Fsp3) is 0.308. The normalized spacial score (nSPS) is 17.6. The number of nitrogens with zero attached hydrogens (tertiary/aromatic N) is 7. The van der Waals surface area contributed by atoms with Crippen LogP contribution in [-0.4, -0.2) is 73.1 Å². The molecule has 3 aliphatic heterocycles. The highest BCUT2D eigenvalue weighted by molar-refractivity contribution is 6.31. The summed E-state index contributed by atoms with van der Waals surface area (Å²) in [5, 5.41) is 3.23. The number of fused-ring (bicyclic) bond motifs is 3. The topological polar surface area (TPSA) is 80.2 Å². The van der Waals surface area contributed by atoms with E-state index in [1.165, 1.54) is 18.0 Å². The minimum atomic E-state index is -0.846. The molecule has 2 aromatic carbocycles. The van der Waals surface area contributed by atoms with Gasteiger partial charge in [-0.05, 0) is 49.9 Å².